The molecule has 0 spiro atoms. The van der Waals surface area contributed by atoms with Gasteiger partial charge in [-0.3, -0.25) is 9.59 Å². The van der Waals surface area contributed by atoms with Crippen LogP contribution in [0.2, 0.25) is 0 Å². The van der Waals surface area contributed by atoms with E-state index < -0.39 is 41.7 Å². The molecule has 3 heterocycles. The van der Waals surface area contributed by atoms with Crippen molar-refractivity contribution in [3.8, 4) is 17.0 Å². The number of hydrazine groups is 1. The molecule has 5 aromatic carbocycles. The van der Waals surface area contributed by atoms with Gasteiger partial charge in [-0.15, -0.1) is 0 Å². The topological polar surface area (TPSA) is 122 Å². The number of hydrogen-bond donors (Lipinski definition) is 2. The fourth-order valence-corrected chi connectivity index (χ4v) is 7.63. The molecule has 4 amide bonds. The normalized spacial score (nSPS) is 17.5. The van der Waals surface area contributed by atoms with E-state index in [1.54, 1.807) is 17.0 Å². The van der Waals surface area contributed by atoms with Crippen LogP contribution in [0.4, 0.5) is 22.4 Å². The van der Waals surface area contributed by atoms with Crippen LogP contribution >= 0.6 is 0 Å². The predicted molar refractivity (Wildman–Crippen MR) is 203 cm³/mol. The lowest BCUT2D eigenvalue weighted by molar-refractivity contribution is -0.193. The summed E-state index contributed by atoms with van der Waals surface area (Å²) < 4.78 is 60.2. The molecule has 2 aliphatic rings. The van der Waals surface area contributed by atoms with Crippen LogP contribution < -0.4 is 5.32 Å². The summed E-state index contributed by atoms with van der Waals surface area (Å²) in [5.41, 5.74) is 0.843. The SMILES string of the molecule is O=C1[C@H](Cc2ccc(O)cc2)N2C(=O)CN(Cc3cc(-c4ccc(F)c(C(F)(F)F)c4)no3)N(C(=O)NCc3ccccc3)[C@H]2CN1Cc1cccc2ccccc12. The molecule has 58 heavy (non-hydrogen) atoms. The first kappa shape index (κ1) is 38.1. The molecule has 1 aromatic heterocycles. The van der Waals surface area contributed by atoms with E-state index in [1.165, 1.54) is 33.1 Å². The Labute approximate surface area is 329 Å². The fraction of sp³-hybridized carbons (Fsp3) is 0.209. The number of nitrogens with one attached hydrogen (secondary N) is 1. The summed E-state index contributed by atoms with van der Waals surface area (Å²) >= 11 is 0. The molecule has 0 unspecified atom stereocenters. The van der Waals surface area contributed by atoms with Gasteiger partial charge in [0.1, 0.15) is 29.5 Å². The van der Waals surface area contributed by atoms with Gasteiger partial charge in [-0.05, 0) is 57.8 Å². The second kappa shape index (κ2) is 15.7. The van der Waals surface area contributed by atoms with Crippen LogP contribution in [0, 0.1) is 5.82 Å². The number of nitrogens with zero attached hydrogens (tertiary/aromatic N) is 5. The van der Waals surface area contributed by atoms with Gasteiger partial charge in [0.25, 0.3) is 0 Å². The van der Waals surface area contributed by atoms with Gasteiger partial charge in [-0.25, -0.2) is 14.2 Å². The van der Waals surface area contributed by atoms with Gasteiger partial charge >= 0.3 is 12.2 Å². The molecule has 6 aromatic rings. The first-order chi connectivity index (χ1) is 27.9. The Balaban J connectivity index is 1.16. The van der Waals surface area contributed by atoms with Crippen molar-refractivity contribution < 1.29 is 41.6 Å². The number of aromatic nitrogens is 1. The first-order valence-corrected chi connectivity index (χ1v) is 18.5. The lowest BCUT2D eigenvalue weighted by atomic mass is 9.97. The quantitative estimate of drug-likeness (QED) is 0.150. The average Bonchev–Trinajstić information content (AvgIpc) is 3.68. The van der Waals surface area contributed by atoms with Gasteiger partial charge in [0.05, 0.1) is 25.2 Å². The van der Waals surface area contributed by atoms with Crippen LogP contribution in [0.15, 0.2) is 126 Å². The van der Waals surface area contributed by atoms with E-state index in [-0.39, 0.29) is 67.8 Å². The lowest BCUT2D eigenvalue weighted by Crippen LogP contribution is -2.76. The number of aromatic hydroxyl groups is 1. The molecule has 2 N–H and O–H groups in total. The van der Waals surface area contributed by atoms with E-state index in [2.05, 4.69) is 10.5 Å². The molecule has 2 saturated heterocycles. The number of phenolic OH excluding ortho intramolecular Hbond substituents is 1. The maximum absolute atomic E-state index is 14.6. The maximum Gasteiger partial charge on any atom is 0.419 e. The molecule has 296 valence electrons. The second-order valence-electron chi connectivity index (χ2n) is 14.2. The Morgan fingerprint density at radius 1 is 0.862 bits per heavy atom. The van der Waals surface area contributed by atoms with Crippen molar-refractivity contribution in [2.45, 2.75) is 44.4 Å². The van der Waals surface area contributed by atoms with Crippen molar-refractivity contribution in [2.75, 3.05) is 13.1 Å². The number of amides is 4. The number of hydrogen-bond acceptors (Lipinski definition) is 7. The molecule has 0 radical (unpaired) electrons. The van der Waals surface area contributed by atoms with Crippen molar-refractivity contribution >= 4 is 28.6 Å². The average molecular weight is 793 g/mol. The Morgan fingerprint density at radius 3 is 2.38 bits per heavy atom. The van der Waals surface area contributed by atoms with E-state index in [9.17, 15) is 37.1 Å². The van der Waals surface area contributed by atoms with Gasteiger partial charge in [-0.1, -0.05) is 90.1 Å². The summed E-state index contributed by atoms with van der Waals surface area (Å²) in [6.07, 6.45) is -5.86. The summed E-state index contributed by atoms with van der Waals surface area (Å²) in [4.78, 5) is 46.5. The van der Waals surface area contributed by atoms with Crippen molar-refractivity contribution in [3.05, 3.63) is 155 Å². The number of carbonyl (C=O) groups excluding carboxylic acids is 3. The van der Waals surface area contributed by atoms with E-state index in [0.717, 1.165) is 28.0 Å². The minimum atomic E-state index is -4.94. The van der Waals surface area contributed by atoms with Crippen LogP contribution in [0.5, 0.6) is 5.75 Å². The van der Waals surface area contributed by atoms with Gasteiger partial charge in [0, 0.05) is 31.1 Å². The minimum absolute atomic E-state index is 0.0102. The monoisotopic (exact) mass is 792 g/mol. The third kappa shape index (κ3) is 7.80. The largest absolute Gasteiger partial charge is 0.508 e. The standard InChI is InChI=1S/C43H36F4N6O5/c44-36-18-15-30(20-35(36)43(45,46)47)37-21-33(58-49-37)24-51-26-40(55)52-38(19-27-13-16-32(54)17-14-27)41(56)50(23-31-11-6-10-29-9-4-5-12-34(29)31)25-39(52)53(51)42(57)48-22-28-7-2-1-3-8-28/h1-18,20-21,38-39,54H,19,22-26H2,(H,48,57)/t38-,39-/m0/s1. The maximum atomic E-state index is 14.6. The van der Waals surface area contributed by atoms with Crippen molar-refractivity contribution in [3.63, 3.8) is 0 Å². The van der Waals surface area contributed by atoms with Gasteiger partial charge in [-0.2, -0.15) is 18.2 Å². The smallest absolute Gasteiger partial charge is 0.419 e. The number of benzene rings is 5. The van der Waals surface area contributed by atoms with Crippen LogP contribution in [-0.2, 0) is 41.8 Å². The third-order valence-corrected chi connectivity index (χ3v) is 10.4. The Bertz CT molecular complexity index is 2470. The predicted octanol–water partition coefficient (Wildman–Crippen LogP) is 7.11. The highest BCUT2D eigenvalue weighted by Crippen LogP contribution is 2.35. The molecule has 8 rings (SSSR count). The second-order valence-corrected chi connectivity index (χ2v) is 14.2. The third-order valence-electron chi connectivity index (χ3n) is 10.4. The fourth-order valence-electron chi connectivity index (χ4n) is 7.63. The molecule has 2 fully saturated rings. The summed E-state index contributed by atoms with van der Waals surface area (Å²) in [5.74, 6) is -2.06. The molecule has 0 saturated carbocycles. The van der Waals surface area contributed by atoms with Gasteiger partial charge in [0.15, 0.2) is 5.76 Å². The number of urea groups is 1. The number of phenols is 1. The molecular formula is C43H36F4N6O5. The van der Waals surface area contributed by atoms with Gasteiger partial charge in [0.2, 0.25) is 11.8 Å². The van der Waals surface area contributed by atoms with E-state index in [4.69, 9.17) is 4.52 Å². The molecule has 11 nitrogen and oxygen atoms in total. The zero-order valence-electron chi connectivity index (χ0n) is 30.8. The van der Waals surface area contributed by atoms with Crippen molar-refractivity contribution in [1.82, 2.24) is 30.3 Å². The Kier molecular flexibility index (Phi) is 10.3. The summed E-state index contributed by atoms with van der Waals surface area (Å²) in [5, 5.41) is 21.6. The Hall–Kier alpha value is -6.74. The first-order valence-electron chi connectivity index (χ1n) is 18.5. The van der Waals surface area contributed by atoms with Crippen molar-refractivity contribution in [1.29, 1.82) is 0 Å². The molecule has 0 bridgehead atoms. The highest BCUT2D eigenvalue weighted by Gasteiger charge is 2.51. The van der Waals surface area contributed by atoms with Crippen LogP contribution in [0.25, 0.3) is 22.0 Å². The van der Waals surface area contributed by atoms with E-state index in [1.807, 2.05) is 72.8 Å². The molecular weight excluding hydrogens is 757 g/mol. The summed E-state index contributed by atoms with van der Waals surface area (Å²) in [6, 6.07) is 31.4. The van der Waals surface area contributed by atoms with Crippen molar-refractivity contribution in [2.24, 2.45) is 0 Å². The Morgan fingerprint density at radius 2 is 1.60 bits per heavy atom. The van der Waals surface area contributed by atoms with Crippen LogP contribution in [0.3, 0.4) is 0 Å². The lowest BCUT2D eigenvalue weighted by Gasteiger charge is -2.55. The number of alkyl halides is 3. The van der Waals surface area contributed by atoms with Crippen LogP contribution in [0.1, 0.15) is 28.0 Å². The molecule has 2 aliphatic heterocycles. The van der Waals surface area contributed by atoms with Crippen LogP contribution in [-0.4, -0.2) is 73.2 Å². The summed E-state index contributed by atoms with van der Waals surface area (Å²) in [6.45, 7) is -0.337. The zero-order valence-corrected chi connectivity index (χ0v) is 30.8. The van der Waals surface area contributed by atoms with E-state index >= 15 is 0 Å². The molecule has 0 aliphatic carbocycles. The number of halogens is 4. The summed E-state index contributed by atoms with van der Waals surface area (Å²) in [7, 11) is 0. The number of piperazine rings is 1. The van der Waals surface area contributed by atoms with E-state index in [0.29, 0.717) is 17.7 Å². The number of rotatable bonds is 9. The zero-order chi connectivity index (χ0) is 40.6. The number of fused-ring (bicyclic) bond motifs is 2. The molecule has 15 heteroatoms. The highest BCUT2D eigenvalue weighted by atomic mass is 19.4. The number of carbonyl (C=O) groups is 3. The highest BCUT2D eigenvalue weighted by molar-refractivity contribution is 5.92. The molecule has 2 atom stereocenters. The minimum Gasteiger partial charge on any atom is -0.508 e. The van der Waals surface area contributed by atoms with Gasteiger partial charge < -0.3 is 24.7 Å².